The molecule has 1 aliphatic rings. The Bertz CT molecular complexity index is 144. The van der Waals surface area contributed by atoms with Crippen LogP contribution in [0.1, 0.15) is 32.6 Å². The van der Waals surface area contributed by atoms with Gasteiger partial charge in [0.2, 0.25) is 0 Å². The number of aldehydes is 1. The van der Waals surface area contributed by atoms with Gasteiger partial charge in [-0.25, -0.2) is 0 Å². The molecule has 0 heterocycles. The summed E-state index contributed by atoms with van der Waals surface area (Å²) in [4.78, 5) is 10.7. The number of aliphatic hydroxyl groups excluding tert-OH is 1. The summed E-state index contributed by atoms with van der Waals surface area (Å²) in [6.07, 6.45) is 4.98. The van der Waals surface area contributed by atoms with E-state index in [0.29, 0.717) is 5.92 Å². The quantitative estimate of drug-likeness (QED) is 0.613. The lowest BCUT2D eigenvalue weighted by Gasteiger charge is -2.33. The molecule has 1 fully saturated rings. The van der Waals surface area contributed by atoms with Crippen LogP contribution in [0.5, 0.6) is 0 Å². The van der Waals surface area contributed by atoms with Gasteiger partial charge in [0.1, 0.15) is 6.29 Å². The molecule has 2 unspecified atom stereocenters. The zero-order valence-corrected chi connectivity index (χ0v) is 7.05. The van der Waals surface area contributed by atoms with Crippen molar-refractivity contribution in [3.8, 4) is 0 Å². The van der Waals surface area contributed by atoms with Crippen molar-refractivity contribution in [2.75, 3.05) is 6.61 Å². The second kappa shape index (κ2) is 3.35. The van der Waals surface area contributed by atoms with Crippen LogP contribution in [0.15, 0.2) is 0 Å². The van der Waals surface area contributed by atoms with Gasteiger partial charge in [0, 0.05) is 5.41 Å². The maximum atomic E-state index is 10.7. The van der Waals surface area contributed by atoms with Crippen LogP contribution in [0, 0.1) is 11.3 Å². The Morgan fingerprint density at radius 1 is 1.73 bits per heavy atom. The lowest BCUT2D eigenvalue weighted by molar-refractivity contribution is -0.121. The molecule has 0 aromatic rings. The Balaban J connectivity index is 2.59. The summed E-state index contributed by atoms with van der Waals surface area (Å²) < 4.78 is 0. The SMILES string of the molecule is CC1CCCC(C=O)(CO)C1. The van der Waals surface area contributed by atoms with E-state index < -0.39 is 5.41 Å². The first kappa shape index (κ1) is 8.72. The number of carbonyl (C=O) groups is 1. The molecular weight excluding hydrogens is 140 g/mol. The molecule has 0 spiro atoms. The first-order valence-corrected chi connectivity index (χ1v) is 4.30. The van der Waals surface area contributed by atoms with Crippen molar-refractivity contribution in [2.45, 2.75) is 32.6 Å². The van der Waals surface area contributed by atoms with E-state index in [0.717, 1.165) is 25.5 Å². The molecule has 0 bridgehead atoms. The molecule has 11 heavy (non-hydrogen) atoms. The second-order valence-electron chi connectivity index (χ2n) is 3.84. The molecule has 1 saturated carbocycles. The summed E-state index contributed by atoms with van der Waals surface area (Å²) in [5, 5.41) is 9.03. The summed E-state index contributed by atoms with van der Waals surface area (Å²) in [5.41, 5.74) is -0.391. The van der Waals surface area contributed by atoms with E-state index in [1.165, 1.54) is 6.42 Å². The van der Waals surface area contributed by atoms with Gasteiger partial charge in [-0.2, -0.15) is 0 Å². The first-order chi connectivity index (χ1) is 5.22. The minimum atomic E-state index is -0.391. The Morgan fingerprint density at radius 3 is 2.82 bits per heavy atom. The van der Waals surface area contributed by atoms with Crippen LogP contribution >= 0.6 is 0 Å². The number of hydrogen-bond acceptors (Lipinski definition) is 2. The smallest absolute Gasteiger partial charge is 0.128 e. The fourth-order valence-electron chi connectivity index (χ4n) is 1.99. The predicted octanol–water partition coefficient (Wildman–Crippen LogP) is 1.37. The summed E-state index contributed by atoms with van der Waals surface area (Å²) in [5.74, 6) is 0.598. The van der Waals surface area contributed by atoms with E-state index in [1.807, 2.05) is 0 Å². The van der Waals surface area contributed by atoms with E-state index in [4.69, 9.17) is 5.11 Å². The van der Waals surface area contributed by atoms with E-state index in [2.05, 4.69) is 6.92 Å². The minimum Gasteiger partial charge on any atom is -0.395 e. The van der Waals surface area contributed by atoms with Gasteiger partial charge >= 0.3 is 0 Å². The molecule has 0 aliphatic heterocycles. The molecule has 1 aliphatic carbocycles. The zero-order chi connectivity index (χ0) is 8.32. The van der Waals surface area contributed by atoms with E-state index in [1.54, 1.807) is 0 Å². The molecule has 64 valence electrons. The molecule has 2 atom stereocenters. The summed E-state index contributed by atoms with van der Waals surface area (Å²) in [6.45, 7) is 2.17. The van der Waals surface area contributed by atoms with Gasteiger partial charge in [0.25, 0.3) is 0 Å². The Labute approximate surface area is 67.6 Å². The van der Waals surface area contributed by atoms with E-state index in [9.17, 15) is 4.79 Å². The monoisotopic (exact) mass is 156 g/mol. The highest BCUT2D eigenvalue weighted by Gasteiger charge is 2.33. The zero-order valence-electron chi connectivity index (χ0n) is 7.05. The van der Waals surface area contributed by atoms with E-state index >= 15 is 0 Å². The van der Waals surface area contributed by atoms with Gasteiger partial charge in [0.05, 0.1) is 6.61 Å². The Kier molecular flexibility index (Phi) is 2.66. The van der Waals surface area contributed by atoms with Crippen LogP contribution in [0.3, 0.4) is 0 Å². The summed E-state index contributed by atoms with van der Waals surface area (Å²) in [6, 6.07) is 0. The molecule has 0 amide bonds. The maximum Gasteiger partial charge on any atom is 0.128 e. The maximum absolute atomic E-state index is 10.7. The predicted molar refractivity (Wildman–Crippen MR) is 43.2 cm³/mol. The summed E-state index contributed by atoms with van der Waals surface area (Å²) >= 11 is 0. The lowest BCUT2D eigenvalue weighted by atomic mass is 9.72. The fraction of sp³-hybridized carbons (Fsp3) is 0.889. The topological polar surface area (TPSA) is 37.3 Å². The molecule has 1 rings (SSSR count). The normalized spacial score (nSPS) is 38.5. The Morgan fingerprint density at radius 2 is 2.45 bits per heavy atom. The molecule has 2 heteroatoms. The lowest BCUT2D eigenvalue weighted by Crippen LogP contribution is -2.32. The average molecular weight is 156 g/mol. The van der Waals surface area contributed by atoms with Crippen molar-refractivity contribution in [1.29, 1.82) is 0 Å². The third-order valence-electron chi connectivity index (χ3n) is 2.69. The van der Waals surface area contributed by atoms with E-state index in [-0.39, 0.29) is 6.61 Å². The molecule has 0 radical (unpaired) electrons. The minimum absolute atomic E-state index is 0.0286. The molecule has 0 saturated heterocycles. The first-order valence-electron chi connectivity index (χ1n) is 4.30. The number of aliphatic hydroxyl groups is 1. The average Bonchev–Trinajstić information content (AvgIpc) is 2.04. The van der Waals surface area contributed by atoms with Crippen molar-refractivity contribution in [1.82, 2.24) is 0 Å². The fourth-order valence-corrected chi connectivity index (χ4v) is 1.99. The van der Waals surface area contributed by atoms with Crippen LogP contribution in [0.2, 0.25) is 0 Å². The standard InChI is InChI=1S/C9H16O2/c1-8-3-2-4-9(5-8,6-10)7-11/h6,8,11H,2-5,7H2,1H3. The van der Waals surface area contributed by atoms with Gasteiger partial charge in [-0.1, -0.05) is 19.8 Å². The molecule has 1 N–H and O–H groups in total. The Hall–Kier alpha value is -0.370. The third kappa shape index (κ3) is 1.80. The van der Waals surface area contributed by atoms with Crippen molar-refractivity contribution >= 4 is 6.29 Å². The summed E-state index contributed by atoms with van der Waals surface area (Å²) in [7, 11) is 0. The number of hydrogen-bond donors (Lipinski definition) is 1. The molecule has 2 nitrogen and oxygen atoms in total. The van der Waals surface area contributed by atoms with Gasteiger partial charge in [0.15, 0.2) is 0 Å². The van der Waals surface area contributed by atoms with Gasteiger partial charge < -0.3 is 9.90 Å². The van der Waals surface area contributed by atoms with Crippen LogP contribution in [0.4, 0.5) is 0 Å². The van der Waals surface area contributed by atoms with Crippen LogP contribution in [0.25, 0.3) is 0 Å². The van der Waals surface area contributed by atoms with Crippen LogP contribution in [-0.4, -0.2) is 18.0 Å². The molecular formula is C9H16O2. The largest absolute Gasteiger partial charge is 0.395 e. The van der Waals surface area contributed by atoms with Crippen molar-refractivity contribution in [3.63, 3.8) is 0 Å². The van der Waals surface area contributed by atoms with Gasteiger partial charge in [-0.15, -0.1) is 0 Å². The highest BCUT2D eigenvalue weighted by atomic mass is 16.3. The second-order valence-corrected chi connectivity index (χ2v) is 3.84. The number of carbonyl (C=O) groups excluding carboxylic acids is 1. The molecule has 0 aromatic carbocycles. The van der Waals surface area contributed by atoms with Gasteiger partial charge in [-0.3, -0.25) is 0 Å². The van der Waals surface area contributed by atoms with Crippen LogP contribution in [-0.2, 0) is 4.79 Å². The number of rotatable bonds is 2. The van der Waals surface area contributed by atoms with Crippen molar-refractivity contribution < 1.29 is 9.90 Å². The highest BCUT2D eigenvalue weighted by Crippen LogP contribution is 2.36. The third-order valence-corrected chi connectivity index (χ3v) is 2.69. The van der Waals surface area contributed by atoms with Crippen LogP contribution < -0.4 is 0 Å². The van der Waals surface area contributed by atoms with Crippen molar-refractivity contribution in [3.05, 3.63) is 0 Å². The highest BCUT2D eigenvalue weighted by molar-refractivity contribution is 5.59. The molecule has 0 aromatic heterocycles. The van der Waals surface area contributed by atoms with Gasteiger partial charge in [-0.05, 0) is 18.8 Å². The van der Waals surface area contributed by atoms with Crippen molar-refractivity contribution in [2.24, 2.45) is 11.3 Å².